The maximum atomic E-state index is 12.4. The van der Waals surface area contributed by atoms with Gasteiger partial charge in [-0.15, -0.1) is 5.10 Å². The predicted octanol–water partition coefficient (Wildman–Crippen LogP) is 1.70. The molecule has 3 heterocycles. The molecule has 0 aliphatic carbocycles. The highest BCUT2D eigenvalue weighted by Gasteiger charge is 2.19. The van der Waals surface area contributed by atoms with E-state index in [0.717, 1.165) is 36.7 Å². The SMILES string of the molecule is Cc1cc(CN(C)C(=O)CCCn2nnnc2CN2CCc3ccccc3C2)n[nH]1. The lowest BCUT2D eigenvalue weighted by Crippen LogP contribution is -2.31. The lowest BCUT2D eigenvalue weighted by molar-refractivity contribution is -0.130. The molecule has 0 saturated carbocycles. The van der Waals surface area contributed by atoms with E-state index in [9.17, 15) is 4.79 Å². The van der Waals surface area contributed by atoms with Crippen LogP contribution in [-0.4, -0.2) is 59.7 Å². The van der Waals surface area contributed by atoms with Crippen LogP contribution in [0.3, 0.4) is 0 Å². The minimum absolute atomic E-state index is 0.0953. The molecule has 1 amide bonds. The molecule has 0 bridgehead atoms. The van der Waals surface area contributed by atoms with E-state index in [4.69, 9.17) is 0 Å². The Hall–Kier alpha value is -3.07. The number of hydrogen-bond donors (Lipinski definition) is 1. The summed E-state index contributed by atoms with van der Waals surface area (Å²) in [5.41, 5.74) is 4.67. The number of nitrogens with zero attached hydrogens (tertiary/aromatic N) is 7. The molecule has 0 radical (unpaired) electrons. The number of fused-ring (bicyclic) bond motifs is 1. The maximum absolute atomic E-state index is 12.4. The quantitative estimate of drug-likeness (QED) is 0.610. The van der Waals surface area contributed by atoms with Gasteiger partial charge in [-0.05, 0) is 47.4 Å². The van der Waals surface area contributed by atoms with Crippen LogP contribution in [0.5, 0.6) is 0 Å². The normalized spacial score (nSPS) is 13.9. The number of aromatic amines is 1. The largest absolute Gasteiger partial charge is 0.340 e. The standard InChI is InChI=1S/C21H28N8O/c1-16-12-19(23-22-16)14-27(2)21(30)8-5-10-29-20(24-25-26-29)15-28-11-9-17-6-3-4-7-18(17)13-28/h3-4,6-7,12H,5,8-11,13-15H2,1-2H3,(H,22,23). The van der Waals surface area contributed by atoms with Crippen molar-refractivity contribution in [3.8, 4) is 0 Å². The second-order valence-electron chi connectivity index (χ2n) is 7.94. The first kappa shape index (κ1) is 20.2. The summed E-state index contributed by atoms with van der Waals surface area (Å²) in [7, 11) is 1.81. The molecular formula is C21H28N8O. The molecule has 0 saturated heterocycles. The Morgan fingerprint density at radius 2 is 2.10 bits per heavy atom. The molecule has 0 atom stereocenters. The minimum Gasteiger partial charge on any atom is -0.340 e. The van der Waals surface area contributed by atoms with Gasteiger partial charge in [0.25, 0.3) is 0 Å². The first-order valence-corrected chi connectivity index (χ1v) is 10.4. The summed E-state index contributed by atoms with van der Waals surface area (Å²) in [6.45, 7) is 5.72. The van der Waals surface area contributed by atoms with Crippen molar-refractivity contribution in [1.29, 1.82) is 0 Å². The van der Waals surface area contributed by atoms with Crippen molar-refractivity contribution in [2.24, 2.45) is 0 Å². The van der Waals surface area contributed by atoms with Gasteiger partial charge in [-0.25, -0.2) is 4.68 Å². The van der Waals surface area contributed by atoms with Gasteiger partial charge in [0.1, 0.15) is 0 Å². The molecule has 1 aliphatic heterocycles. The second-order valence-corrected chi connectivity index (χ2v) is 7.94. The van der Waals surface area contributed by atoms with Crippen molar-refractivity contribution in [2.75, 3.05) is 13.6 Å². The van der Waals surface area contributed by atoms with Crippen molar-refractivity contribution in [3.05, 3.63) is 58.7 Å². The molecule has 1 aliphatic rings. The van der Waals surface area contributed by atoms with Gasteiger partial charge in [-0.2, -0.15) is 5.10 Å². The summed E-state index contributed by atoms with van der Waals surface area (Å²) in [4.78, 5) is 16.5. The number of rotatable bonds is 8. The molecule has 158 valence electrons. The van der Waals surface area contributed by atoms with Crippen molar-refractivity contribution in [1.82, 2.24) is 40.2 Å². The first-order chi connectivity index (χ1) is 14.6. The fourth-order valence-corrected chi connectivity index (χ4v) is 3.86. The highest BCUT2D eigenvalue weighted by molar-refractivity contribution is 5.75. The summed E-state index contributed by atoms with van der Waals surface area (Å²) >= 11 is 0. The minimum atomic E-state index is 0.0953. The highest BCUT2D eigenvalue weighted by Crippen LogP contribution is 2.19. The van der Waals surface area contributed by atoms with E-state index in [1.54, 1.807) is 4.90 Å². The van der Waals surface area contributed by atoms with Crippen LogP contribution in [0.4, 0.5) is 0 Å². The second kappa shape index (κ2) is 9.17. The van der Waals surface area contributed by atoms with Crippen LogP contribution in [0.1, 0.15) is 41.2 Å². The third-order valence-electron chi connectivity index (χ3n) is 5.53. The molecule has 9 nitrogen and oxygen atoms in total. The predicted molar refractivity (Wildman–Crippen MR) is 111 cm³/mol. The molecule has 30 heavy (non-hydrogen) atoms. The van der Waals surface area contributed by atoms with E-state index < -0.39 is 0 Å². The average Bonchev–Trinajstić information content (AvgIpc) is 3.36. The third kappa shape index (κ3) is 4.91. The van der Waals surface area contributed by atoms with E-state index >= 15 is 0 Å². The van der Waals surface area contributed by atoms with Crippen molar-refractivity contribution in [3.63, 3.8) is 0 Å². The Morgan fingerprint density at radius 1 is 1.27 bits per heavy atom. The number of aryl methyl sites for hydroxylation is 2. The number of amides is 1. The summed E-state index contributed by atoms with van der Waals surface area (Å²) in [6, 6.07) is 10.5. The van der Waals surface area contributed by atoms with Crippen molar-refractivity contribution >= 4 is 5.91 Å². The lowest BCUT2D eigenvalue weighted by Gasteiger charge is -2.28. The molecule has 1 aromatic carbocycles. The number of carbonyl (C=O) groups excluding carboxylic acids is 1. The number of H-pyrrole nitrogens is 1. The van der Waals surface area contributed by atoms with Crippen LogP contribution in [0.2, 0.25) is 0 Å². The van der Waals surface area contributed by atoms with Gasteiger partial charge >= 0.3 is 0 Å². The average molecular weight is 409 g/mol. The molecule has 0 unspecified atom stereocenters. The van der Waals surface area contributed by atoms with Crippen molar-refractivity contribution in [2.45, 2.75) is 52.4 Å². The molecule has 9 heteroatoms. The van der Waals surface area contributed by atoms with Crippen LogP contribution in [-0.2, 0) is 37.4 Å². The van der Waals surface area contributed by atoms with Crippen molar-refractivity contribution < 1.29 is 4.79 Å². The van der Waals surface area contributed by atoms with Crippen LogP contribution < -0.4 is 0 Å². The third-order valence-corrected chi connectivity index (χ3v) is 5.53. The van der Waals surface area contributed by atoms with E-state index in [0.29, 0.717) is 32.5 Å². The zero-order valence-electron chi connectivity index (χ0n) is 17.6. The molecule has 2 aromatic heterocycles. The first-order valence-electron chi connectivity index (χ1n) is 10.4. The molecule has 4 rings (SSSR count). The Morgan fingerprint density at radius 3 is 2.90 bits per heavy atom. The molecule has 1 N–H and O–H groups in total. The van der Waals surface area contributed by atoms with Crippen LogP contribution in [0, 0.1) is 6.92 Å². The zero-order valence-corrected chi connectivity index (χ0v) is 17.6. The zero-order chi connectivity index (χ0) is 20.9. The number of hydrogen-bond acceptors (Lipinski definition) is 6. The van der Waals surface area contributed by atoms with Crippen LogP contribution in [0.25, 0.3) is 0 Å². The summed E-state index contributed by atoms with van der Waals surface area (Å²) in [5.74, 6) is 0.945. The van der Waals surface area contributed by atoms with Gasteiger partial charge in [-0.1, -0.05) is 24.3 Å². The van der Waals surface area contributed by atoms with E-state index in [2.05, 4.69) is 54.9 Å². The Bertz CT molecular complexity index is 994. The summed E-state index contributed by atoms with van der Waals surface area (Å²) in [5, 5.41) is 19.3. The summed E-state index contributed by atoms with van der Waals surface area (Å²) in [6.07, 6.45) is 2.20. The Balaban J connectivity index is 1.25. The van der Waals surface area contributed by atoms with Gasteiger partial charge < -0.3 is 4.90 Å². The molecule has 3 aromatic rings. The lowest BCUT2D eigenvalue weighted by atomic mass is 10.00. The van der Waals surface area contributed by atoms with Gasteiger partial charge in [0, 0.05) is 38.8 Å². The Labute approximate surface area is 176 Å². The van der Waals surface area contributed by atoms with Gasteiger partial charge in [0.05, 0.1) is 18.8 Å². The topological polar surface area (TPSA) is 95.8 Å². The van der Waals surface area contributed by atoms with E-state index in [-0.39, 0.29) is 5.91 Å². The monoisotopic (exact) mass is 408 g/mol. The highest BCUT2D eigenvalue weighted by atomic mass is 16.2. The molecular weight excluding hydrogens is 380 g/mol. The number of benzene rings is 1. The fourth-order valence-electron chi connectivity index (χ4n) is 3.86. The number of nitrogens with one attached hydrogen (secondary N) is 1. The van der Waals surface area contributed by atoms with Crippen LogP contribution >= 0.6 is 0 Å². The fraction of sp³-hybridized carbons (Fsp3) is 0.476. The Kier molecular flexibility index (Phi) is 6.18. The maximum Gasteiger partial charge on any atom is 0.222 e. The number of aromatic nitrogens is 6. The van der Waals surface area contributed by atoms with E-state index in [1.165, 1.54) is 11.1 Å². The van der Waals surface area contributed by atoms with Gasteiger partial charge in [-0.3, -0.25) is 14.8 Å². The molecule has 0 fully saturated rings. The smallest absolute Gasteiger partial charge is 0.222 e. The van der Waals surface area contributed by atoms with Crippen LogP contribution in [0.15, 0.2) is 30.3 Å². The summed E-state index contributed by atoms with van der Waals surface area (Å²) < 4.78 is 1.82. The number of carbonyl (C=O) groups is 1. The molecule has 0 spiro atoms. The van der Waals surface area contributed by atoms with Gasteiger partial charge in [0.15, 0.2) is 5.82 Å². The number of tetrazole rings is 1. The van der Waals surface area contributed by atoms with E-state index in [1.807, 2.05) is 24.7 Å². The van der Waals surface area contributed by atoms with Gasteiger partial charge in [0.2, 0.25) is 5.91 Å².